The molecule has 0 spiro atoms. The molecule has 0 radical (unpaired) electrons. The van der Waals surface area contributed by atoms with Crippen LogP contribution < -0.4 is 20.4 Å². The van der Waals surface area contributed by atoms with E-state index in [1.165, 1.54) is 24.1 Å². The van der Waals surface area contributed by atoms with Crippen LogP contribution in [0.4, 0.5) is 19.3 Å². The quantitative estimate of drug-likeness (QED) is 0.386. The van der Waals surface area contributed by atoms with Crippen LogP contribution in [0.2, 0.25) is 0 Å². The maximum absolute atomic E-state index is 15.5. The van der Waals surface area contributed by atoms with E-state index in [4.69, 9.17) is 14.2 Å². The number of nitrogens with one attached hydrogen (secondary N) is 1. The van der Waals surface area contributed by atoms with E-state index in [0.29, 0.717) is 25.0 Å². The zero-order valence-corrected chi connectivity index (χ0v) is 24.2. The number of nitrogens with zero attached hydrogens (tertiary/aromatic N) is 3. The highest BCUT2D eigenvalue weighted by molar-refractivity contribution is 5.97. The Morgan fingerprint density at radius 1 is 1.30 bits per heavy atom. The van der Waals surface area contributed by atoms with Gasteiger partial charge in [-0.05, 0) is 31.6 Å². The second kappa shape index (κ2) is 12.5. The summed E-state index contributed by atoms with van der Waals surface area (Å²) < 4.78 is 48.0. The highest BCUT2D eigenvalue weighted by atomic mass is 19.1. The van der Waals surface area contributed by atoms with Gasteiger partial charge in [0.2, 0.25) is 11.3 Å². The molecule has 234 valence electrons. The minimum Gasteiger partial charge on any atom is -0.487 e. The predicted octanol–water partition coefficient (Wildman–Crippen LogP) is 3.27. The number of aromatic carboxylic acids is 1. The number of carbonyl (C=O) groups is 3. The number of ether oxygens (including phenoxy) is 3. The normalized spacial score (nSPS) is 21.6. The highest BCUT2D eigenvalue weighted by Crippen LogP contribution is 2.43. The van der Waals surface area contributed by atoms with Gasteiger partial charge in [-0.2, -0.15) is 0 Å². The first-order chi connectivity index (χ1) is 20.9. The third-order valence-corrected chi connectivity index (χ3v) is 7.62. The van der Waals surface area contributed by atoms with Gasteiger partial charge >= 0.3 is 12.1 Å². The standard InChI is InChI=1S/C30H32F2N4O8/c1-16(31)9-19(36-13-21(44-30(36)41)11-33-18(3)37)5-4-8-42-20-6-7-34(12-20)26-24(32)10-22-25-28(26)43-15-17(2)35(25)14-23(27(22)38)29(39)40/h4-5,9-10,14,17,20-21H,1,6-8,11-13,15H2,2-3H3,(H,33,37)(H,39,40)/b5-4-,19-9+/t17?,20-,21-/m0/s1. The summed E-state index contributed by atoms with van der Waals surface area (Å²) in [4.78, 5) is 51.1. The number of anilines is 1. The summed E-state index contributed by atoms with van der Waals surface area (Å²) in [5, 5.41) is 12.0. The first-order valence-electron chi connectivity index (χ1n) is 14.0. The van der Waals surface area contributed by atoms with E-state index < -0.39 is 40.8 Å². The van der Waals surface area contributed by atoms with Crippen molar-refractivity contribution in [2.45, 2.75) is 38.5 Å². The number of halogens is 2. The van der Waals surface area contributed by atoms with E-state index in [2.05, 4.69) is 11.9 Å². The Hall–Kier alpha value is -4.72. The van der Waals surface area contributed by atoms with Crippen LogP contribution in [0, 0.1) is 5.82 Å². The van der Waals surface area contributed by atoms with E-state index in [1.807, 2.05) is 6.92 Å². The van der Waals surface area contributed by atoms with E-state index in [9.17, 15) is 28.7 Å². The largest absolute Gasteiger partial charge is 0.487 e. The number of hydrogen-bond acceptors (Lipinski definition) is 8. The topological polar surface area (TPSA) is 140 Å². The lowest BCUT2D eigenvalue weighted by molar-refractivity contribution is -0.119. The summed E-state index contributed by atoms with van der Waals surface area (Å²) in [5.41, 5.74) is -0.498. The average molecular weight is 615 g/mol. The van der Waals surface area contributed by atoms with E-state index >= 15 is 4.39 Å². The maximum atomic E-state index is 15.5. The number of benzene rings is 1. The number of allylic oxidation sites excluding steroid dienone is 3. The molecule has 2 N–H and O–H groups in total. The monoisotopic (exact) mass is 614 g/mol. The number of cyclic esters (lactones) is 1. The molecule has 0 aliphatic carbocycles. The van der Waals surface area contributed by atoms with Crippen LogP contribution >= 0.6 is 0 Å². The summed E-state index contributed by atoms with van der Waals surface area (Å²) in [6, 6.07) is 0.788. The number of aromatic nitrogens is 1. The molecule has 1 aromatic carbocycles. The van der Waals surface area contributed by atoms with Crippen molar-refractivity contribution >= 4 is 34.6 Å². The van der Waals surface area contributed by atoms with Crippen molar-refractivity contribution in [3.05, 3.63) is 70.2 Å². The summed E-state index contributed by atoms with van der Waals surface area (Å²) in [5.74, 6) is -2.94. The van der Waals surface area contributed by atoms with Crippen molar-refractivity contribution in [3.8, 4) is 5.75 Å². The van der Waals surface area contributed by atoms with Crippen LogP contribution in [0.25, 0.3) is 10.9 Å². The first kappa shape index (κ1) is 30.7. The Balaban J connectivity index is 1.28. The van der Waals surface area contributed by atoms with E-state index in [1.54, 1.807) is 15.5 Å². The molecule has 0 saturated carbocycles. The number of carboxylic acids is 1. The minimum atomic E-state index is -1.39. The van der Waals surface area contributed by atoms with Gasteiger partial charge in [-0.1, -0.05) is 12.7 Å². The molecule has 2 amide bonds. The molecule has 3 aliphatic rings. The fraction of sp³-hybridized carbons (Fsp3) is 0.400. The molecule has 14 heteroatoms. The lowest BCUT2D eigenvalue weighted by Gasteiger charge is -2.31. The molecule has 12 nitrogen and oxygen atoms in total. The second-order valence-corrected chi connectivity index (χ2v) is 10.8. The number of pyridine rings is 1. The molecular weight excluding hydrogens is 582 g/mol. The maximum Gasteiger partial charge on any atom is 0.414 e. The summed E-state index contributed by atoms with van der Waals surface area (Å²) in [6.45, 7) is 7.63. The Bertz CT molecular complexity index is 1650. The van der Waals surface area contributed by atoms with Crippen LogP contribution in [0.15, 0.2) is 53.4 Å². The van der Waals surface area contributed by atoms with Crippen molar-refractivity contribution in [1.29, 1.82) is 0 Å². The molecular formula is C30H32F2N4O8. The Morgan fingerprint density at radius 3 is 2.77 bits per heavy atom. The van der Waals surface area contributed by atoms with Gasteiger partial charge in [-0.3, -0.25) is 14.5 Å². The van der Waals surface area contributed by atoms with Crippen molar-refractivity contribution in [3.63, 3.8) is 0 Å². The Labute approximate surface area is 250 Å². The molecule has 1 aromatic heterocycles. The van der Waals surface area contributed by atoms with Crippen molar-refractivity contribution < 1.29 is 42.5 Å². The van der Waals surface area contributed by atoms with E-state index in [0.717, 1.165) is 12.1 Å². The molecule has 2 aromatic rings. The Morgan fingerprint density at radius 2 is 2.07 bits per heavy atom. The van der Waals surface area contributed by atoms with Gasteiger partial charge in [0, 0.05) is 31.9 Å². The molecule has 44 heavy (non-hydrogen) atoms. The summed E-state index contributed by atoms with van der Waals surface area (Å²) >= 11 is 0. The zero-order valence-electron chi connectivity index (χ0n) is 24.2. The lowest BCUT2D eigenvalue weighted by atomic mass is 10.1. The van der Waals surface area contributed by atoms with Gasteiger partial charge in [0.15, 0.2) is 11.6 Å². The number of hydrogen-bond donors (Lipinski definition) is 2. The fourth-order valence-electron chi connectivity index (χ4n) is 5.56. The third-order valence-electron chi connectivity index (χ3n) is 7.62. The number of rotatable bonds is 10. The smallest absolute Gasteiger partial charge is 0.414 e. The molecule has 0 bridgehead atoms. The lowest BCUT2D eigenvalue weighted by Crippen LogP contribution is -2.33. The van der Waals surface area contributed by atoms with Gasteiger partial charge in [0.1, 0.15) is 29.8 Å². The van der Waals surface area contributed by atoms with Crippen LogP contribution in [0.3, 0.4) is 0 Å². The minimum absolute atomic E-state index is 0.0621. The molecule has 3 aliphatic heterocycles. The van der Waals surface area contributed by atoms with Gasteiger partial charge in [0.05, 0.1) is 42.7 Å². The summed E-state index contributed by atoms with van der Waals surface area (Å²) in [7, 11) is 0. The van der Waals surface area contributed by atoms with Crippen LogP contribution in [0.1, 0.15) is 36.7 Å². The van der Waals surface area contributed by atoms with Crippen molar-refractivity contribution in [2.75, 3.05) is 44.3 Å². The average Bonchev–Trinajstić information content (AvgIpc) is 3.57. The second-order valence-electron chi connectivity index (χ2n) is 10.8. The molecule has 1 unspecified atom stereocenters. The SMILES string of the molecule is C=C(F)/C=C(\C=C/CO[C@H]1CCN(c2c(F)cc3c(=O)c(C(=O)O)cn4c3c2OCC4C)C1)N1C[C@H](CNC(C)=O)OC1=O. The summed E-state index contributed by atoms with van der Waals surface area (Å²) in [6.07, 6.45) is 4.44. The van der Waals surface area contributed by atoms with Crippen molar-refractivity contribution in [1.82, 2.24) is 14.8 Å². The van der Waals surface area contributed by atoms with Gasteiger partial charge in [-0.15, -0.1) is 0 Å². The van der Waals surface area contributed by atoms with Crippen LogP contribution in [0.5, 0.6) is 5.75 Å². The van der Waals surface area contributed by atoms with E-state index in [-0.39, 0.29) is 66.9 Å². The molecule has 3 atom stereocenters. The molecule has 4 heterocycles. The first-order valence-corrected chi connectivity index (χ1v) is 14.0. The van der Waals surface area contributed by atoms with Gasteiger partial charge < -0.3 is 34.1 Å². The fourth-order valence-corrected chi connectivity index (χ4v) is 5.56. The molecule has 2 fully saturated rings. The molecule has 5 rings (SSSR count). The molecule has 2 saturated heterocycles. The third kappa shape index (κ3) is 6.16. The number of carboxylic acid groups (broad SMARTS) is 1. The van der Waals surface area contributed by atoms with Gasteiger partial charge in [0.25, 0.3) is 0 Å². The van der Waals surface area contributed by atoms with Crippen molar-refractivity contribution in [2.24, 2.45) is 0 Å². The van der Waals surface area contributed by atoms with Crippen LogP contribution in [-0.4, -0.2) is 84.1 Å². The van der Waals surface area contributed by atoms with Gasteiger partial charge in [-0.25, -0.2) is 18.4 Å². The highest BCUT2D eigenvalue weighted by Gasteiger charge is 2.34. The predicted molar refractivity (Wildman–Crippen MR) is 155 cm³/mol. The Kier molecular flexibility index (Phi) is 8.72. The van der Waals surface area contributed by atoms with Crippen LogP contribution in [-0.2, 0) is 14.3 Å². The number of amides is 2. The number of carbonyl (C=O) groups excluding carboxylic acids is 2. The zero-order chi connectivity index (χ0) is 31.7.